The van der Waals surface area contributed by atoms with Gasteiger partial charge in [0.15, 0.2) is 11.9 Å². The number of nitrogens with one attached hydrogen (secondary N) is 1. The van der Waals surface area contributed by atoms with Gasteiger partial charge in [-0.2, -0.15) is 0 Å². The number of nitrogens with zero attached hydrogens (tertiary/aromatic N) is 5. The van der Waals surface area contributed by atoms with Crippen molar-refractivity contribution in [2.45, 2.75) is 57.6 Å². The van der Waals surface area contributed by atoms with Crippen molar-refractivity contribution in [3.05, 3.63) is 75.9 Å². The second-order valence-electron chi connectivity index (χ2n) is 11.6. The number of aromatic nitrogens is 3. The molecule has 1 aromatic heterocycles. The highest BCUT2D eigenvalue weighted by molar-refractivity contribution is 6.42. The van der Waals surface area contributed by atoms with Crippen LogP contribution in [0.4, 0.5) is 10.5 Å². The number of carbonyl (C=O) groups excluding carboxylic acids is 2. The van der Waals surface area contributed by atoms with E-state index in [0.717, 1.165) is 29.7 Å². The fourth-order valence-electron chi connectivity index (χ4n) is 5.36. The van der Waals surface area contributed by atoms with E-state index in [9.17, 15) is 9.59 Å². The van der Waals surface area contributed by atoms with E-state index in [1.807, 2.05) is 51.1 Å². The zero-order chi connectivity index (χ0) is 30.9. The number of nitrogens with two attached hydrogens (primary N) is 1. The van der Waals surface area contributed by atoms with Crippen LogP contribution in [-0.2, 0) is 16.0 Å². The number of piperidine rings is 1. The van der Waals surface area contributed by atoms with Gasteiger partial charge in [-0.1, -0.05) is 41.4 Å². The zero-order valence-electron chi connectivity index (χ0n) is 24.5. The number of carbonyl (C=O) groups is 2. The number of methoxy groups -OCH3 is 1. The lowest BCUT2D eigenvalue weighted by atomic mass is 9.89. The Kier molecular flexibility index (Phi) is 8.75. The van der Waals surface area contributed by atoms with Crippen molar-refractivity contribution < 1.29 is 19.1 Å². The molecule has 2 aliphatic heterocycles. The summed E-state index contributed by atoms with van der Waals surface area (Å²) in [6.45, 7) is 6.82. The molecule has 2 amide bonds. The van der Waals surface area contributed by atoms with Crippen LogP contribution in [0, 0.1) is 0 Å². The Bertz CT molecular complexity index is 1540. The molecule has 3 N–H and O–H groups in total. The molecule has 11 nitrogen and oxygen atoms in total. The highest BCUT2D eigenvalue weighted by atomic mass is 35.5. The van der Waals surface area contributed by atoms with Gasteiger partial charge in [0.2, 0.25) is 5.91 Å². The molecule has 5 rings (SSSR count). The number of allylic oxidation sites excluding steroid dienone is 1. The summed E-state index contributed by atoms with van der Waals surface area (Å²) in [5, 5.41) is 10.7. The number of hydrogen-bond acceptors (Lipinski definition) is 8. The Morgan fingerprint density at radius 3 is 2.56 bits per heavy atom. The number of fused-ring (bicyclic) bond motifs is 1. The number of ether oxygens (including phenoxy) is 2. The molecule has 0 saturated carbocycles. The van der Waals surface area contributed by atoms with Gasteiger partial charge >= 0.3 is 6.09 Å². The van der Waals surface area contributed by atoms with E-state index in [1.54, 1.807) is 33.9 Å². The predicted octanol–water partition coefficient (Wildman–Crippen LogP) is 5.62. The van der Waals surface area contributed by atoms with Gasteiger partial charge in [-0.05, 0) is 68.9 Å². The Hall–Kier alpha value is -3.96. The molecule has 0 aliphatic carbocycles. The van der Waals surface area contributed by atoms with Crippen molar-refractivity contribution in [1.29, 1.82) is 0 Å². The lowest BCUT2D eigenvalue weighted by molar-refractivity contribution is -0.122. The normalized spacial score (nSPS) is 17.3. The maximum absolute atomic E-state index is 12.7. The lowest BCUT2D eigenvalue weighted by Crippen LogP contribution is -2.42. The first-order valence-electron chi connectivity index (χ1n) is 14.0. The van der Waals surface area contributed by atoms with Crippen molar-refractivity contribution in [3.8, 4) is 5.75 Å². The fraction of sp³-hybridized carbons (Fsp3) is 0.400. The number of benzene rings is 2. The molecule has 2 aromatic carbocycles. The van der Waals surface area contributed by atoms with Gasteiger partial charge in [0, 0.05) is 31.4 Å². The summed E-state index contributed by atoms with van der Waals surface area (Å²) < 4.78 is 13.0. The Balaban J connectivity index is 1.37. The van der Waals surface area contributed by atoms with E-state index in [0.29, 0.717) is 46.8 Å². The van der Waals surface area contributed by atoms with E-state index in [1.165, 1.54) is 6.33 Å². The second kappa shape index (κ2) is 12.3. The van der Waals surface area contributed by atoms with Crippen LogP contribution in [0.1, 0.15) is 62.5 Å². The van der Waals surface area contributed by atoms with Gasteiger partial charge in [-0.25, -0.2) is 4.79 Å². The molecule has 1 fully saturated rings. The van der Waals surface area contributed by atoms with Crippen molar-refractivity contribution in [2.24, 2.45) is 5.73 Å². The summed E-state index contributed by atoms with van der Waals surface area (Å²) in [6.07, 6.45) is 5.04. The topological polar surface area (TPSA) is 128 Å². The first kappa shape index (κ1) is 30.5. The SMILES string of the molecule is COc1cc(C2CCN(C(=O)OC(C)(C)C)CC2)ccc1NN1C=C(Cc2cccc(Cl)c2Cl)n2cnnc2C1C(N)=O. The maximum atomic E-state index is 12.7. The van der Waals surface area contributed by atoms with E-state index in [2.05, 4.69) is 15.6 Å². The summed E-state index contributed by atoms with van der Waals surface area (Å²) in [5.41, 5.74) is 11.9. The molecule has 2 aliphatic rings. The van der Waals surface area contributed by atoms with Crippen molar-refractivity contribution >= 4 is 46.6 Å². The first-order chi connectivity index (χ1) is 20.4. The Morgan fingerprint density at radius 1 is 1.14 bits per heavy atom. The largest absolute Gasteiger partial charge is 0.495 e. The van der Waals surface area contributed by atoms with Crippen LogP contribution in [0.15, 0.2) is 48.9 Å². The molecule has 0 spiro atoms. The van der Waals surface area contributed by atoms with E-state index < -0.39 is 17.6 Å². The van der Waals surface area contributed by atoms with Crippen molar-refractivity contribution in [1.82, 2.24) is 24.7 Å². The number of amides is 2. The molecular formula is C30H35Cl2N7O4. The molecule has 1 atom stereocenters. The number of hydrazine groups is 1. The van der Waals surface area contributed by atoms with Crippen molar-refractivity contribution in [3.63, 3.8) is 0 Å². The van der Waals surface area contributed by atoms with E-state index in [4.69, 9.17) is 38.4 Å². The minimum Gasteiger partial charge on any atom is -0.495 e. The minimum absolute atomic E-state index is 0.252. The molecule has 0 bridgehead atoms. The highest BCUT2D eigenvalue weighted by Gasteiger charge is 2.35. The number of likely N-dealkylation sites (tertiary alicyclic amines) is 1. The Labute approximate surface area is 260 Å². The summed E-state index contributed by atoms with van der Waals surface area (Å²) >= 11 is 12.7. The standard InChI is InChI=1S/C30H35Cl2N7O4/c1-30(2,3)43-29(41)37-12-10-18(11-13-37)19-8-9-23(24(15-19)42-4)36-39-16-21(14-20-6-5-7-22(31)25(20)32)38-17-34-35-28(38)26(39)27(33)40/h5-9,15-18,26,36H,10-14H2,1-4H3,(H2,33,40). The summed E-state index contributed by atoms with van der Waals surface area (Å²) in [7, 11) is 1.59. The molecular weight excluding hydrogens is 593 g/mol. The third-order valence-corrected chi connectivity index (χ3v) is 8.32. The smallest absolute Gasteiger partial charge is 0.410 e. The lowest BCUT2D eigenvalue weighted by Gasteiger charge is -2.35. The van der Waals surface area contributed by atoms with E-state index in [-0.39, 0.29) is 12.0 Å². The van der Waals surface area contributed by atoms with Crippen LogP contribution in [-0.4, -0.2) is 62.5 Å². The monoisotopic (exact) mass is 627 g/mol. The summed E-state index contributed by atoms with van der Waals surface area (Å²) in [6, 6.07) is 10.4. The molecule has 43 heavy (non-hydrogen) atoms. The molecule has 228 valence electrons. The molecule has 0 radical (unpaired) electrons. The van der Waals surface area contributed by atoms with Crippen LogP contribution < -0.4 is 15.9 Å². The Morgan fingerprint density at radius 2 is 1.88 bits per heavy atom. The molecule has 3 aromatic rings. The minimum atomic E-state index is -0.942. The van der Waals surface area contributed by atoms with Crippen molar-refractivity contribution in [2.75, 3.05) is 25.6 Å². The van der Waals surface area contributed by atoms with Gasteiger partial charge in [0.05, 0.1) is 22.8 Å². The number of primary amides is 1. The predicted molar refractivity (Wildman–Crippen MR) is 165 cm³/mol. The summed E-state index contributed by atoms with van der Waals surface area (Å²) in [5.74, 6) is 0.603. The maximum Gasteiger partial charge on any atom is 0.410 e. The molecule has 1 saturated heterocycles. The number of hydrogen-bond donors (Lipinski definition) is 2. The van der Waals surface area contributed by atoms with Gasteiger partial charge in [-0.3, -0.25) is 19.8 Å². The molecule has 3 heterocycles. The van der Waals surface area contributed by atoms with Gasteiger partial charge in [-0.15, -0.1) is 10.2 Å². The number of rotatable bonds is 7. The zero-order valence-corrected chi connectivity index (χ0v) is 26.0. The van der Waals surface area contributed by atoms with Gasteiger partial charge < -0.3 is 20.1 Å². The third-order valence-electron chi connectivity index (χ3n) is 7.46. The van der Waals surface area contributed by atoms with Crippen LogP contribution in [0.5, 0.6) is 5.75 Å². The van der Waals surface area contributed by atoms with Gasteiger partial charge in [0.1, 0.15) is 17.7 Å². The molecule has 13 heteroatoms. The van der Waals surface area contributed by atoms with Crippen LogP contribution in [0.25, 0.3) is 5.70 Å². The van der Waals surface area contributed by atoms with Crippen LogP contribution in [0.2, 0.25) is 10.0 Å². The fourth-order valence-corrected chi connectivity index (χ4v) is 5.75. The van der Waals surface area contributed by atoms with Crippen LogP contribution >= 0.6 is 23.2 Å². The quantitative estimate of drug-likeness (QED) is 0.345. The summed E-state index contributed by atoms with van der Waals surface area (Å²) in [4.78, 5) is 26.9. The molecule has 1 unspecified atom stereocenters. The average molecular weight is 629 g/mol. The second-order valence-corrected chi connectivity index (χ2v) is 12.4. The number of halogens is 2. The first-order valence-corrected chi connectivity index (χ1v) is 14.7. The third kappa shape index (κ3) is 6.67. The van der Waals surface area contributed by atoms with Crippen LogP contribution in [0.3, 0.4) is 0 Å². The number of anilines is 1. The highest BCUT2D eigenvalue weighted by Crippen LogP contribution is 2.37. The average Bonchev–Trinajstić information content (AvgIpc) is 3.44. The van der Waals surface area contributed by atoms with Gasteiger partial charge in [0.25, 0.3) is 0 Å². The van der Waals surface area contributed by atoms with E-state index >= 15 is 0 Å².